The molecular formula is C17H24N6O. The van der Waals surface area contributed by atoms with E-state index in [0.717, 1.165) is 50.4 Å². The Labute approximate surface area is 141 Å². The minimum absolute atomic E-state index is 0.0599. The van der Waals surface area contributed by atoms with Crippen LogP contribution in [-0.2, 0) is 18.4 Å². The molecule has 0 radical (unpaired) electrons. The lowest BCUT2D eigenvalue weighted by Crippen LogP contribution is -2.41. The molecule has 0 N–H and O–H groups in total. The maximum atomic E-state index is 12.5. The molecule has 1 saturated heterocycles. The summed E-state index contributed by atoms with van der Waals surface area (Å²) in [6.45, 7) is 4.44. The zero-order valence-electron chi connectivity index (χ0n) is 14.4. The fourth-order valence-electron chi connectivity index (χ4n) is 3.54. The first kappa shape index (κ1) is 15.4. The van der Waals surface area contributed by atoms with Crippen molar-refractivity contribution >= 4 is 5.91 Å². The minimum Gasteiger partial charge on any atom is -0.342 e. The number of amides is 1. The van der Waals surface area contributed by atoms with Crippen LogP contribution in [0, 0.1) is 5.41 Å². The van der Waals surface area contributed by atoms with E-state index in [0.29, 0.717) is 18.4 Å². The van der Waals surface area contributed by atoms with Gasteiger partial charge in [-0.2, -0.15) is 0 Å². The Hall–Kier alpha value is -2.18. The van der Waals surface area contributed by atoms with Crippen molar-refractivity contribution in [2.45, 2.75) is 45.1 Å². The van der Waals surface area contributed by atoms with E-state index >= 15 is 0 Å². The van der Waals surface area contributed by atoms with Gasteiger partial charge in [0.2, 0.25) is 5.91 Å². The van der Waals surface area contributed by atoms with Crippen LogP contribution in [-0.4, -0.2) is 48.2 Å². The lowest BCUT2D eigenvalue weighted by molar-refractivity contribution is -0.137. The van der Waals surface area contributed by atoms with Gasteiger partial charge in [-0.15, -0.1) is 10.2 Å². The average molecular weight is 328 g/mol. The summed E-state index contributed by atoms with van der Waals surface area (Å²) in [5.74, 6) is 2.71. The van der Waals surface area contributed by atoms with Crippen LogP contribution in [0.2, 0.25) is 0 Å². The van der Waals surface area contributed by atoms with Crippen LogP contribution < -0.4 is 0 Å². The molecular weight excluding hydrogens is 304 g/mol. The lowest BCUT2D eigenvalue weighted by atomic mass is 9.94. The molecule has 3 heterocycles. The van der Waals surface area contributed by atoms with Gasteiger partial charge in [0, 0.05) is 43.9 Å². The van der Waals surface area contributed by atoms with Crippen LogP contribution in [0.1, 0.15) is 50.2 Å². The molecule has 2 fully saturated rings. The topological polar surface area (TPSA) is 68.8 Å². The predicted octanol–water partition coefficient (Wildman–Crippen LogP) is 1.57. The molecule has 2 aromatic rings. The summed E-state index contributed by atoms with van der Waals surface area (Å²) in [4.78, 5) is 18.6. The highest BCUT2D eigenvalue weighted by Gasteiger charge is 2.47. The molecule has 0 unspecified atom stereocenters. The van der Waals surface area contributed by atoms with Gasteiger partial charge >= 0.3 is 0 Å². The maximum absolute atomic E-state index is 12.5. The first-order valence-electron chi connectivity index (χ1n) is 8.70. The molecule has 7 heteroatoms. The zero-order valence-corrected chi connectivity index (χ0v) is 14.4. The monoisotopic (exact) mass is 328 g/mol. The van der Waals surface area contributed by atoms with E-state index < -0.39 is 0 Å². The van der Waals surface area contributed by atoms with Gasteiger partial charge in [0.05, 0.1) is 12.9 Å². The number of carbonyl (C=O) groups is 1. The largest absolute Gasteiger partial charge is 0.342 e. The number of carbonyl (C=O) groups excluding carboxylic acids is 1. The summed E-state index contributed by atoms with van der Waals surface area (Å²) in [5.41, 5.74) is -0.0599. The smallest absolute Gasteiger partial charge is 0.228 e. The van der Waals surface area contributed by atoms with Gasteiger partial charge in [-0.25, -0.2) is 4.98 Å². The summed E-state index contributed by atoms with van der Waals surface area (Å²) >= 11 is 0. The van der Waals surface area contributed by atoms with Crippen LogP contribution >= 0.6 is 0 Å². The fraction of sp³-hybridized carbons (Fsp3) is 0.647. The molecule has 1 saturated carbocycles. The molecule has 128 valence electrons. The standard InChI is InChI=1S/C17H24N6O/c1-17(5-6-17)16(24)23-8-3-13(4-9-23)15-20-19-14(21(15)2)11-22-10-7-18-12-22/h7,10,12-13H,3-6,8-9,11H2,1-2H3. The van der Waals surface area contributed by atoms with E-state index in [1.54, 1.807) is 12.5 Å². The van der Waals surface area contributed by atoms with Gasteiger partial charge in [0.1, 0.15) is 5.82 Å². The summed E-state index contributed by atoms with van der Waals surface area (Å²) in [6, 6.07) is 0. The van der Waals surface area contributed by atoms with Crippen molar-refractivity contribution in [3.8, 4) is 0 Å². The molecule has 0 bridgehead atoms. The van der Waals surface area contributed by atoms with Crippen molar-refractivity contribution in [1.82, 2.24) is 29.2 Å². The number of hydrogen-bond donors (Lipinski definition) is 0. The highest BCUT2D eigenvalue weighted by atomic mass is 16.2. The number of likely N-dealkylation sites (tertiary alicyclic amines) is 1. The summed E-state index contributed by atoms with van der Waals surface area (Å²) in [6.07, 6.45) is 9.52. The summed E-state index contributed by atoms with van der Waals surface area (Å²) in [5, 5.41) is 8.78. The number of nitrogens with zero attached hydrogens (tertiary/aromatic N) is 6. The number of rotatable bonds is 4. The van der Waals surface area contributed by atoms with E-state index in [9.17, 15) is 4.79 Å². The minimum atomic E-state index is -0.0599. The first-order chi connectivity index (χ1) is 11.6. The third-order valence-corrected chi connectivity index (χ3v) is 5.55. The number of hydrogen-bond acceptors (Lipinski definition) is 4. The van der Waals surface area contributed by atoms with Crippen LogP contribution in [0.3, 0.4) is 0 Å². The quantitative estimate of drug-likeness (QED) is 0.854. The second-order valence-electron chi connectivity index (χ2n) is 7.40. The van der Waals surface area contributed by atoms with Crippen LogP contribution in [0.25, 0.3) is 0 Å². The maximum Gasteiger partial charge on any atom is 0.228 e. The molecule has 0 aromatic carbocycles. The van der Waals surface area contributed by atoms with E-state index in [1.807, 2.05) is 22.7 Å². The Balaban J connectivity index is 1.40. The highest BCUT2D eigenvalue weighted by Crippen LogP contribution is 2.47. The second-order valence-corrected chi connectivity index (χ2v) is 7.40. The third-order valence-electron chi connectivity index (χ3n) is 5.55. The third kappa shape index (κ3) is 2.72. The number of imidazole rings is 1. The van der Waals surface area contributed by atoms with Gasteiger partial charge in [-0.05, 0) is 25.7 Å². The molecule has 2 aliphatic rings. The zero-order chi connectivity index (χ0) is 16.7. The molecule has 7 nitrogen and oxygen atoms in total. The normalized spacial score (nSPS) is 20.3. The van der Waals surface area contributed by atoms with Crippen molar-refractivity contribution in [3.63, 3.8) is 0 Å². The van der Waals surface area contributed by atoms with E-state index in [4.69, 9.17) is 0 Å². The van der Waals surface area contributed by atoms with Gasteiger partial charge < -0.3 is 14.0 Å². The molecule has 0 atom stereocenters. The summed E-state index contributed by atoms with van der Waals surface area (Å²) in [7, 11) is 2.03. The highest BCUT2D eigenvalue weighted by molar-refractivity contribution is 5.85. The second kappa shape index (κ2) is 5.72. The van der Waals surface area contributed by atoms with E-state index in [1.165, 1.54) is 0 Å². The molecule has 2 aromatic heterocycles. The van der Waals surface area contributed by atoms with Gasteiger partial charge in [-0.3, -0.25) is 4.79 Å². The number of piperidine rings is 1. The molecule has 24 heavy (non-hydrogen) atoms. The summed E-state index contributed by atoms with van der Waals surface area (Å²) < 4.78 is 4.09. The van der Waals surface area contributed by atoms with Crippen molar-refractivity contribution in [3.05, 3.63) is 30.4 Å². The van der Waals surface area contributed by atoms with Crippen LogP contribution in [0.4, 0.5) is 0 Å². The van der Waals surface area contributed by atoms with E-state index in [2.05, 4.69) is 26.7 Å². The SMILES string of the molecule is Cn1c(Cn2ccnc2)nnc1C1CCN(C(=O)C2(C)CC2)CC1. The van der Waals surface area contributed by atoms with Crippen molar-refractivity contribution in [2.75, 3.05) is 13.1 Å². The molecule has 1 aliphatic heterocycles. The van der Waals surface area contributed by atoms with Gasteiger partial charge in [0.15, 0.2) is 5.82 Å². The molecule has 1 aliphatic carbocycles. The predicted molar refractivity (Wildman–Crippen MR) is 88.2 cm³/mol. The lowest BCUT2D eigenvalue weighted by Gasteiger charge is -2.33. The van der Waals surface area contributed by atoms with Crippen molar-refractivity contribution in [1.29, 1.82) is 0 Å². The van der Waals surface area contributed by atoms with E-state index in [-0.39, 0.29) is 5.41 Å². The van der Waals surface area contributed by atoms with Crippen molar-refractivity contribution < 1.29 is 4.79 Å². The average Bonchev–Trinajstić information content (AvgIpc) is 2.98. The van der Waals surface area contributed by atoms with Crippen LogP contribution in [0.15, 0.2) is 18.7 Å². The Morgan fingerprint density at radius 2 is 2.04 bits per heavy atom. The number of aromatic nitrogens is 5. The Morgan fingerprint density at radius 3 is 2.67 bits per heavy atom. The Bertz CT molecular complexity index is 722. The Kier molecular flexibility index (Phi) is 3.66. The molecule has 1 amide bonds. The van der Waals surface area contributed by atoms with Gasteiger partial charge in [0.25, 0.3) is 0 Å². The van der Waals surface area contributed by atoms with Gasteiger partial charge in [-0.1, -0.05) is 6.92 Å². The first-order valence-corrected chi connectivity index (χ1v) is 8.70. The molecule has 0 spiro atoms. The molecule has 4 rings (SSSR count). The fourth-order valence-corrected chi connectivity index (χ4v) is 3.54. The van der Waals surface area contributed by atoms with Crippen LogP contribution in [0.5, 0.6) is 0 Å². The van der Waals surface area contributed by atoms with Crippen molar-refractivity contribution in [2.24, 2.45) is 12.5 Å². The Morgan fingerprint density at radius 1 is 1.29 bits per heavy atom.